The number of rotatable bonds is 5. The van der Waals surface area contributed by atoms with E-state index in [2.05, 4.69) is 44.8 Å². The van der Waals surface area contributed by atoms with E-state index in [0.717, 1.165) is 19.3 Å². The fourth-order valence-corrected chi connectivity index (χ4v) is 3.04. The number of nitrogens with one attached hydrogen (secondary N) is 1. The number of carbonyl (C=O) groups is 1. The van der Waals surface area contributed by atoms with Crippen molar-refractivity contribution in [2.45, 2.75) is 78.6 Å². The van der Waals surface area contributed by atoms with Gasteiger partial charge in [0.25, 0.3) is 0 Å². The van der Waals surface area contributed by atoms with Crippen LogP contribution in [-0.2, 0) is 4.79 Å². The molecule has 0 aromatic rings. The summed E-state index contributed by atoms with van der Waals surface area (Å²) in [4.78, 5) is 14.6. The number of carbonyl (C=O) groups excluding carboxylic acids is 1. The number of hydrogen-bond acceptors (Lipinski definition) is 2. The van der Waals surface area contributed by atoms with Crippen LogP contribution >= 0.6 is 0 Å². The van der Waals surface area contributed by atoms with Crippen LogP contribution in [0, 0.1) is 5.92 Å². The van der Waals surface area contributed by atoms with Gasteiger partial charge in [0, 0.05) is 6.04 Å². The number of nitrogens with zero attached hydrogens (tertiary/aromatic N) is 1. The minimum Gasteiger partial charge on any atom is -0.323 e. The Kier molecular flexibility index (Phi) is 4.59. The summed E-state index contributed by atoms with van der Waals surface area (Å²) >= 11 is 0. The first kappa shape index (κ1) is 14.5. The molecule has 1 saturated heterocycles. The summed E-state index contributed by atoms with van der Waals surface area (Å²) in [6, 6.07) is 0.327. The maximum absolute atomic E-state index is 12.5. The first-order valence-corrected chi connectivity index (χ1v) is 7.01. The number of hydrogen-bond donors (Lipinski definition) is 1. The van der Waals surface area contributed by atoms with Crippen LogP contribution in [-0.4, -0.2) is 28.6 Å². The fraction of sp³-hybridized carbons (Fsp3) is 0.929. The highest BCUT2D eigenvalue weighted by atomic mass is 16.2. The van der Waals surface area contributed by atoms with Crippen molar-refractivity contribution in [3.8, 4) is 0 Å². The standard InChI is InChI=1S/C14H28N2O/c1-7-12(8-2)10(4)16-11(5)15-14(6,9-3)13(16)17/h10-12,15H,7-9H2,1-6H3. The van der Waals surface area contributed by atoms with Crippen LogP contribution in [0.2, 0.25) is 0 Å². The van der Waals surface area contributed by atoms with Gasteiger partial charge < -0.3 is 4.90 Å². The Bertz CT molecular complexity index is 275. The van der Waals surface area contributed by atoms with E-state index in [0.29, 0.717) is 12.0 Å². The van der Waals surface area contributed by atoms with E-state index >= 15 is 0 Å². The average Bonchev–Trinajstić information content (AvgIpc) is 2.52. The summed E-state index contributed by atoms with van der Waals surface area (Å²) in [5, 5.41) is 3.44. The second-order valence-corrected chi connectivity index (χ2v) is 5.54. The molecule has 0 aromatic carbocycles. The van der Waals surface area contributed by atoms with Gasteiger partial charge in [-0.25, -0.2) is 0 Å². The Hall–Kier alpha value is -0.570. The fourth-order valence-electron chi connectivity index (χ4n) is 3.04. The molecule has 1 fully saturated rings. The zero-order chi connectivity index (χ0) is 13.2. The molecule has 17 heavy (non-hydrogen) atoms. The molecule has 0 radical (unpaired) electrons. The molecule has 1 aliphatic rings. The molecule has 1 heterocycles. The van der Waals surface area contributed by atoms with Crippen molar-refractivity contribution in [2.24, 2.45) is 5.92 Å². The number of amides is 1. The van der Waals surface area contributed by atoms with Crippen LogP contribution in [0.3, 0.4) is 0 Å². The largest absolute Gasteiger partial charge is 0.323 e. The molecule has 0 aliphatic carbocycles. The molecule has 1 N–H and O–H groups in total. The summed E-state index contributed by atoms with van der Waals surface area (Å²) in [6.45, 7) is 12.8. The molecular formula is C14H28N2O. The van der Waals surface area contributed by atoms with Crippen LogP contribution in [0.15, 0.2) is 0 Å². The Morgan fingerprint density at radius 2 is 1.88 bits per heavy atom. The molecule has 3 atom stereocenters. The molecule has 3 heteroatoms. The molecule has 0 aromatic heterocycles. The van der Waals surface area contributed by atoms with E-state index in [4.69, 9.17) is 0 Å². The van der Waals surface area contributed by atoms with E-state index < -0.39 is 0 Å². The SMILES string of the molecule is CCC(CC)C(C)N1C(=O)C(C)(CC)NC1C. The van der Waals surface area contributed by atoms with Crippen molar-refractivity contribution >= 4 is 5.91 Å². The van der Waals surface area contributed by atoms with Crippen LogP contribution in [0.1, 0.15) is 60.8 Å². The van der Waals surface area contributed by atoms with Gasteiger partial charge in [-0.3, -0.25) is 10.1 Å². The van der Waals surface area contributed by atoms with Gasteiger partial charge in [0.15, 0.2) is 0 Å². The summed E-state index contributed by atoms with van der Waals surface area (Å²) in [5.41, 5.74) is -0.361. The highest BCUT2D eigenvalue weighted by Gasteiger charge is 2.47. The van der Waals surface area contributed by atoms with Gasteiger partial charge in [-0.05, 0) is 33.1 Å². The molecule has 3 nitrogen and oxygen atoms in total. The van der Waals surface area contributed by atoms with Crippen LogP contribution in [0.25, 0.3) is 0 Å². The van der Waals surface area contributed by atoms with E-state index in [1.807, 2.05) is 6.92 Å². The highest BCUT2D eigenvalue weighted by molar-refractivity contribution is 5.88. The van der Waals surface area contributed by atoms with Crippen LogP contribution < -0.4 is 5.32 Å². The van der Waals surface area contributed by atoms with Crippen molar-refractivity contribution in [2.75, 3.05) is 0 Å². The van der Waals surface area contributed by atoms with Crippen molar-refractivity contribution < 1.29 is 4.79 Å². The smallest absolute Gasteiger partial charge is 0.244 e. The molecule has 1 rings (SSSR count). The average molecular weight is 240 g/mol. The molecule has 1 amide bonds. The maximum atomic E-state index is 12.5. The minimum absolute atomic E-state index is 0.156. The van der Waals surface area contributed by atoms with Gasteiger partial charge in [0.1, 0.15) is 0 Å². The van der Waals surface area contributed by atoms with Gasteiger partial charge in [0.05, 0.1) is 11.7 Å². The Balaban J connectivity index is 2.88. The predicted octanol–water partition coefficient (Wildman–Crippen LogP) is 2.76. The van der Waals surface area contributed by atoms with Crippen molar-refractivity contribution in [3.63, 3.8) is 0 Å². The lowest BCUT2D eigenvalue weighted by molar-refractivity contribution is -0.135. The van der Waals surface area contributed by atoms with Gasteiger partial charge in [-0.1, -0.05) is 33.6 Å². The maximum Gasteiger partial charge on any atom is 0.244 e. The van der Waals surface area contributed by atoms with E-state index in [1.54, 1.807) is 0 Å². The predicted molar refractivity (Wildman–Crippen MR) is 71.7 cm³/mol. The Morgan fingerprint density at radius 1 is 1.35 bits per heavy atom. The molecule has 0 saturated carbocycles. The molecule has 3 unspecified atom stereocenters. The summed E-state index contributed by atoms with van der Waals surface area (Å²) in [6.07, 6.45) is 3.28. The molecular weight excluding hydrogens is 212 g/mol. The zero-order valence-electron chi connectivity index (χ0n) is 12.2. The van der Waals surface area contributed by atoms with Crippen LogP contribution in [0.4, 0.5) is 0 Å². The first-order chi connectivity index (χ1) is 7.91. The van der Waals surface area contributed by atoms with E-state index in [1.165, 1.54) is 0 Å². The van der Waals surface area contributed by atoms with Gasteiger partial charge >= 0.3 is 0 Å². The Labute approximate surface area is 106 Å². The summed E-state index contributed by atoms with van der Waals surface area (Å²) < 4.78 is 0. The quantitative estimate of drug-likeness (QED) is 0.801. The summed E-state index contributed by atoms with van der Waals surface area (Å²) in [5.74, 6) is 0.870. The monoisotopic (exact) mass is 240 g/mol. The lowest BCUT2D eigenvalue weighted by Gasteiger charge is -2.34. The zero-order valence-corrected chi connectivity index (χ0v) is 12.2. The third-order valence-corrected chi connectivity index (χ3v) is 4.53. The van der Waals surface area contributed by atoms with Gasteiger partial charge in [-0.15, -0.1) is 0 Å². The molecule has 100 valence electrons. The van der Waals surface area contributed by atoms with Gasteiger partial charge in [-0.2, -0.15) is 0 Å². The third kappa shape index (κ3) is 2.49. The van der Waals surface area contributed by atoms with Crippen molar-refractivity contribution in [3.05, 3.63) is 0 Å². The van der Waals surface area contributed by atoms with Crippen molar-refractivity contribution in [1.29, 1.82) is 0 Å². The topological polar surface area (TPSA) is 32.3 Å². The molecule has 0 bridgehead atoms. The third-order valence-electron chi connectivity index (χ3n) is 4.53. The normalized spacial score (nSPS) is 31.4. The first-order valence-electron chi connectivity index (χ1n) is 7.01. The van der Waals surface area contributed by atoms with Crippen molar-refractivity contribution in [1.82, 2.24) is 10.2 Å². The molecule has 0 spiro atoms. The minimum atomic E-state index is -0.361. The second kappa shape index (κ2) is 5.38. The second-order valence-electron chi connectivity index (χ2n) is 5.54. The van der Waals surface area contributed by atoms with Gasteiger partial charge in [0.2, 0.25) is 5.91 Å². The lowest BCUT2D eigenvalue weighted by Crippen LogP contribution is -2.46. The lowest BCUT2D eigenvalue weighted by atomic mass is 9.92. The van der Waals surface area contributed by atoms with Crippen LogP contribution in [0.5, 0.6) is 0 Å². The molecule has 1 aliphatic heterocycles. The Morgan fingerprint density at radius 3 is 2.24 bits per heavy atom. The highest BCUT2D eigenvalue weighted by Crippen LogP contribution is 2.29. The van der Waals surface area contributed by atoms with E-state index in [-0.39, 0.29) is 17.6 Å². The van der Waals surface area contributed by atoms with E-state index in [9.17, 15) is 4.79 Å². The summed E-state index contributed by atoms with van der Waals surface area (Å²) in [7, 11) is 0.